The summed E-state index contributed by atoms with van der Waals surface area (Å²) in [6, 6.07) is 3.70. The van der Waals surface area contributed by atoms with Gasteiger partial charge in [-0.25, -0.2) is 0 Å². The molecular weight excluding hydrogens is 244 g/mol. The summed E-state index contributed by atoms with van der Waals surface area (Å²) in [7, 11) is 1.77. The maximum absolute atomic E-state index is 11.9. The molecule has 0 aliphatic carbocycles. The Hall–Kier alpha value is -1.13. The van der Waals surface area contributed by atoms with Gasteiger partial charge in [-0.3, -0.25) is 9.48 Å². The summed E-state index contributed by atoms with van der Waals surface area (Å²) in [5, 5.41) is 6.62. The van der Waals surface area contributed by atoms with Crippen LogP contribution in [0.5, 0.6) is 0 Å². The van der Waals surface area contributed by atoms with Gasteiger partial charge in [-0.2, -0.15) is 5.10 Å². The van der Waals surface area contributed by atoms with Crippen molar-refractivity contribution in [2.45, 2.75) is 13.3 Å². The van der Waals surface area contributed by atoms with E-state index < -0.39 is 0 Å². The van der Waals surface area contributed by atoms with E-state index in [9.17, 15) is 4.79 Å². The Morgan fingerprint density at radius 2 is 2.38 bits per heavy atom. The smallest absolute Gasteiger partial charge is 0.177 e. The number of hydrogen-bond donors (Lipinski definition) is 0. The Morgan fingerprint density at radius 1 is 1.62 bits per heavy atom. The summed E-state index contributed by atoms with van der Waals surface area (Å²) in [6.45, 7) is 1.86. The molecule has 2 rings (SSSR count). The second-order valence-corrected chi connectivity index (χ2v) is 4.86. The molecule has 0 spiro atoms. The Morgan fingerprint density at radius 3 is 2.88 bits per heavy atom. The van der Waals surface area contributed by atoms with Gasteiger partial charge < -0.3 is 0 Å². The molecule has 0 atom stereocenters. The first-order valence-corrected chi connectivity index (χ1v) is 6.10. The Bertz CT molecular complexity index is 516. The van der Waals surface area contributed by atoms with Crippen molar-refractivity contribution in [3.63, 3.8) is 0 Å². The number of halogens is 1. The molecule has 0 saturated carbocycles. The molecule has 0 aliphatic heterocycles. The maximum atomic E-state index is 11.9. The first kappa shape index (κ1) is 11.4. The van der Waals surface area contributed by atoms with Crippen molar-refractivity contribution in [1.82, 2.24) is 9.78 Å². The molecule has 84 valence electrons. The minimum atomic E-state index is 0.0907. The zero-order valence-corrected chi connectivity index (χ0v) is 10.6. The molecule has 2 heterocycles. The fourth-order valence-corrected chi connectivity index (χ4v) is 2.47. The van der Waals surface area contributed by atoms with Gasteiger partial charge in [0.25, 0.3) is 0 Å². The van der Waals surface area contributed by atoms with Crippen LogP contribution in [-0.2, 0) is 13.5 Å². The van der Waals surface area contributed by atoms with Crippen molar-refractivity contribution < 1.29 is 4.79 Å². The van der Waals surface area contributed by atoms with Crippen molar-refractivity contribution in [3.8, 4) is 0 Å². The van der Waals surface area contributed by atoms with Gasteiger partial charge in [0.15, 0.2) is 5.78 Å². The molecule has 0 saturated heterocycles. The zero-order chi connectivity index (χ0) is 11.7. The lowest BCUT2D eigenvalue weighted by Crippen LogP contribution is -2.02. The summed E-state index contributed by atoms with van der Waals surface area (Å²) in [6.07, 6.45) is 0.318. The number of rotatable bonds is 3. The van der Waals surface area contributed by atoms with Crippen LogP contribution in [0.3, 0.4) is 0 Å². The second-order valence-electron chi connectivity index (χ2n) is 3.56. The SMILES string of the molecule is Cc1nn(C)c(Cl)c1CC(=O)c1cccs1. The van der Waals surface area contributed by atoms with Crippen LogP contribution in [0.4, 0.5) is 0 Å². The number of carbonyl (C=O) groups is 1. The highest BCUT2D eigenvalue weighted by Gasteiger charge is 2.16. The summed E-state index contributed by atoms with van der Waals surface area (Å²) in [5.74, 6) is 0.0907. The summed E-state index contributed by atoms with van der Waals surface area (Å²) in [5.41, 5.74) is 1.64. The van der Waals surface area contributed by atoms with Gasteiger partial charge in [0, 0.05) is 19.0 Å². The minimum Gasteiger partial charge on any atom is -0.293 e. The van der Waals surface area contributed by atoms with Gasteiger partial charge in [-0.1, -0.05) is 17.7 Å². The number of aromatic nitrogens is 2. The van der Waals surface area contributed by atoms with E-state index in [2.05, 4.69) is 5.10 Å². The molecule has 2 aromatic heterocycles. The van der Waals surface area contributed by atoms with Crippen LogP contribution in [0.2, 0.25) is 5.15 Å². The molecule has 0 radical (unpaired) electrons. The number of Topliss-reactive ketones (excluding diaryl/α,β-unsaturated/α-hetero) is 1. The number of ketones is 1. The van der Waals surface area contributed by atoms with Crippen LogP contribution < -0.4 is 0 Å². The van der Waals surface area contributed by atoms with Crippen LogP contribution in [-0.4, -0.2) is 15.6 Å². The third-order valence-corrected chi connectivity index (χ3v) is 3.79. The molecule has 0 N–H and O–H groups in total. The fourth-order valence-electron chi connectivity index (χ4n) is 1.56. The summed E-state index contributed by atoms with van der Waals surface area (Å²) >= 11 is 7.52. The maximum Gasteiger partial charge on any atom is 0.177 e. The third-order valence-electron chi connectivity index (χ3n) is 2.40. The number of nitrogens with zero attached hydrogens (tertiary/aromatic N) is 2. The molecule has 0 aliphatic rings. The van der Waals surface area contributed by atoms with E-state index in [1.54, 1.807) is 11.7 Å². The lowest BCUT2D eigenvalue weighted by atomic mass is 10.1. The van der Waals surface area contributed by atoms with E-state index >= 15 is 0 Å². The van der Waals surface area contributed by atoms with Gasteiger partial charge in [-0.15, -0.1) is 11.3 Å². The Balaban J connectivity index is 2.25. The Kier molecular flexibility index (Phi) is 3.12. The molecule has 2 aromatic rings. The fraction of sp³-hybridized carbons (Fsp3) is 0.273. The van der Waals surface area contributed by atoms with E-state index in [1.165, 1.54) is 11.3 Å². The van der Waals surface area contributed by atoms with E-state index in [0.717, 1.165) is 16.1 Å². The zero-order valence-electron chi connectivity index (χ0n) is 9.03. The molecule has 0 unspecified atom stereocenters. The van der Waals surface area contributed by atoms with Gasteiger partial charge in [0.1, 0.15) is 5.15 Å². The van der Waals surface area contributed by atoms with Gasteiger partial charge in [0.2, 0.25) is 0 Å². The summed E-state index contributed by atoms with van der Waals surface area (Å²) < 4.78 is 1.59. The lowest BCUT2D eigenvalue weighted by Gasteiger charge is -1.98. The van der Waals surface area contributed by atoms with Crippen LogP contribution >= 0.6 is 22.9 Å². The van der Waals surface area contributed by atoms with E-state index in [-0.39, 0.29) is 5.78 Å². The van der Waals surface area contributed by atoms with E-state index in [0.29, 0.717) is 11.6 Å². The molecular formula is C11H11ClN2OS. The van der Waals surface area contributed by atoms with Gasteiger partial charge in [-0.05, 0) is 18.4 Å². The molecule has 3 nitrogen and oxygen atoms in total. The standard InChI is InChI=1S/C11H11ClN2OS/c1-7-8(11(12)14(2)13-7)6-9(15)10-4-3-5-16-10/h3-5H,6H2,1-2H3. The molecule has 0 aromatic carbocycles. The van der Waals surface area contributed by atoms with Gasteiger partial charge in [0.05, 0.1) is 10.6 Å². The van der Waals surface area contributed by atoms with Crippen molar-refractivity contribution in [2.75, 3.05) is 0 Å². The van der Waals surface area contributed by atoms with Crippen LogP contribution in [0.25, 0.3) is 0 Å². The number of hydrogen-bond acceptors (Lipinski definition) is 3. The molecule has 0 amide bonds. The second kappa shape index (κ2) is 4.39. The monoisotopic (exact) mass is 254 g/mol. The van der Waals surface area contributed by atoms with Crippen molar-refractivity contribution >= 4 is 28.7 Å². The number of thiophene rings is 1. The number of aryl methyl sites for hydroxylation is 2. The highest BCUT2D eigenvalue weighted by molar-refractivity contribution is 7.12. The van der Waals surface area contributed by atoms with Gasteiger partial charge >= 0.3 is 0 Å². The predicted molar refractivity (Wildman–Crippen MR) is 65.3 cm³/mol. The highest BCUT2D eigenvalue weighted by atomic mass is 35.5. The first-order chi connectivity index (χ1) is 7.59. The normalized spacial score (nSPS) is 10.7. The van der Waals surface area contributed by atoms with Crippen molar-refractivity contribution in [3.05, 3.63) is 38.8 Å². The minimum absolute atomic E-state index is 0.0907. The van der Waals surface area contributed by atoms with E-state index in [4.69, 9.17) is 11.6 Å². The van der Waals surface area contributed by atoms with Crippen LogP contribution in [0, 0.1) is 6.92 Å². The quantitative estimate of drug-likeness (QED) is 0.790. The topological polar surface area (TPSA) is 34.9 Å². The largest absolute Gasteiger partial charge is 0.293 e. The van der Waals surface area contributed by atoms with E-state index in [1.807, 2.05) is 24.4 Å². The molecule has 5 heteroatoms. The first-order valence-electron chi connectivity index (χ1n) is 4.84. The van der Waals surface area contributed by atoms with Crippen molar-refractivity contribution in [2.24, 2.45) is 7.05 Å². The average molecular weight is 255 g/mol. The number of carbonyl (C=O) groups excluding carboxylic acids is 1. The third kappa shape index (κ3) is 2.03. The predicted octanol–water partition coefficient (Wildman–Crippen LogP) is 2.87. The summed E-state index contributed by atoms with van der Waals surface area (Å²) in [4.78, 5) is 12.7. The Labute approximate surface area is 103 Å². The average Bonchev–Trinajstić information content (AvgIpc) is 2.83. The molecule has 16 heavy (non-hydrogen) atoms. The van der Waals surface area contributed by atoms with Crippen LogP contribution in [0.15, 0.2) is 17.5 Å². The molecule has 0 bridgehead atoms. The lowest BCUT2D eigenvalue weighted by molar-refractivity contribution is 0.0996. The molecule has 0 fully saturated rings. The van der Waals surface area contributed by atoms with Crippen molar-refractivity contribution in [1.29, 1.82) is 0 Å². The highest BCUT2D eigenvalue weighted by Crippen LogP contribution is 2.21. The van der Waals surface area contributed by atoms with Crippen LogP contribution in [0.1, 0.15) is 20.9 Å².